The number of anilines is 1. The van der Waals surface area contributed by atoms with Crippen LogP contribution in [-0.4, -0.2) is 20.2 Å². The number of rotatable bonds is 4. The van der Waals surface area contributed by atoms with Crippen molar-refractivity contribution in [1.29, 1.82) is 0 Å². The van der Waals surface area contributed by atoms with Gasteiger partial charge in [0.25, 0.3) is 0 Å². The predicted octanol–water partition coefficient (Wildman–Crippen LogP) is 1.09. The molecule has 7 heteroatoms. The third-order valence-corrected chi connectivity index (χ3v) is 2.84. The molecule has 0 fully saturated rings. The molecule has 16 heavy (non-hydrogen) atoms. The second kappa shape index (κ2) is 4.95. The van der Waals surface area contributed by atoms with Crippen molar-refractivity contribution in [3.8, 4) is 0 Å². The molecule has 2 aromatic heterocycles. The van der Waals surface area contributed by atoms with Gasteiger partial charge in [-0.2, -0.15) is 0 Å². The Kier molecular flexibility index (Phi) is 3.37. The monoisotopic (exact) mass is 236 g/mol. The average molecular weight is 236 g/mol. The number of nitrogens with two attached hydrogens (primary N) is 1. The number of hydrogen-bond donors (Lipinski definition) is 3. The largest absolute Gasteiger partial charge is 0.308 e. The number of hydrazine groups is 1. The van der Waals surface area contributed by atoms with Gasteiger partial charge in [0.05, 0.1) is 0 Å². The van der Waals surface area contributed by atoms with E-state index in [4.69, 9.17) is 5.84 Å². The van der Waals surface area contributed by atoms with E-state index in [0.29, 0.717) is 5.82 Å². The third kappa shape index (κ3) is 2.71. The van der Waals surface area contributed by atoms with Gasteiger partial charge in [-0.3, -0.25) is 5.10 Å². The Morgan fingerprint density at radius 3 is 3.12 bits per heavy atom. The zero-order valence-corrected chi connectivity index (χ0v) is 9.58. The van der Waals surface area contributed by atoms with Crippen LogP contribution in [0.15, 0.2) is 23.5 Å². The lowest BCUT2D eigenvalue weighted by molar-refractivity contribution is 0.969. The molecule has 0 aliphatic carbocycles. The molecule has 2 aromatic rings. The molecular weight excluding hydrogens is 224 g/mol. The highest BCUT2D eigenvalue weighted by atomic mass is 32.2. The molecule has 0 saturated heterocycles. The number of H-pyrrole nitrogens is 1. The number of aromatic amines is 1. The molecule has 0 aliphatic rings. The summed E-state index contributed by atoms with van der Waals surface area (Å²) in [5.41, 5.74) is 3.63. The van der Waals surface area contributed by atoms with Gasteiger partial charge in [0.2, 0.25) is 5.16 Å². The topological polar surface area (TPSA) is 92.5 Å². The van der Waals surface area contributed by atoms with Crippen LogP contribution in [-0.2, 0) is 5.75 Å². The molecular formula is C9H12N6S. The van der Waals surface area contributed by atoms with E-state index in [0.717, 1.165) is 22.3 Å². The normalized spacial score (nSPS) is 10.4. The van der Waals surface area contributed by atoms with Crippen LogP contribution in [0.4, 0.5) is 5.82 Å². The summed E-state index contributed by atoms with van der Waals surface area (Å²) in [4.78, 5) is 8.24. The Bertz CT molecular complexity index is 469. The number of nitrogen functional groups attached to an aromatic ring is 1. The standard InChI is InChI=1S/C9H12N6S/c1-6-12-9(15-14-6)16-5-7-2-3-11-8(4-7)13-10/h2-4H,5,10H2,1H3,(H,11,13)(H,12,14,15). The Morgan fingerprint density at radius 1 is 1.56 bits per heavy atom. The van der Waals surface area contributed by atoms with Crippen LogP contribution < -0.4 is 11.3 Å². The zero-order valence-electron chi connectivity index (χ0n) is 8.77. The lowest BCUT2D eigenvalue weighted by Crippen LogP contribution is -2.08. The maximum absolute atomic E-state index is 5.28. The molecule has 6 nitrogen and oxygen atoms in total. The minimum Gasteiger partial charge on any atom is -0.308 e. The van der Waals surface area contributed by atoms with Crippen LogP contribution in [0.2, 0.25) is 0 Å². The van der Waals surface area contributed by atoms with Crippen molar-refractivity contribution < 1.29 is 0 Å². The van der Waals surface area contributed by atoms with Crippen LogP contribution in [0.3, 0.4) is 0 Å². The van der Waals surface area contributed by atoms with Crippen molar-refractivity contribution in [2.45, 2.75) is 17.8 Å². The first kappa shape index (κ1) is 10.9. The van der Waals surface area contributed by atoms with E-state index >= 15 is 0 Å². The molecule has 84 valence electrons. The van der Waals surface area contributed by atoms with E-state index in [1.807, 2.05) is 19.1 Å². The van der Waals surface area contributed by atoms with Gasteiger partial charge < -0.3 is 5.43 Å². The predicted molar refractivity (Wildman–Crippen MR) is 62.7 cm³/mol. The quantitative estimate of drug-likeness (QED) is 0.418. The molecule has 0 spiro atoms. The van der Waals surface area contributed by atoms with E-state index in [1.54, 1.807) is 18.0 Å². The summed E-state index contributed by atoms with van der Waals surface area (Å²) >= 11 is 1.56. The minimum absolute atomic E-state index is 0.657. The fraction of sp³-hybridized carbons (Fsp3) is 0.222. The van der Waals surface area contributed by atoms with Gasteiger partial charge in [-0.1, -0.05) is 11.8 Å². The van der Waals surface area contributed by atoms with Crippen LogP contribution in [0, 0.1) is 6.92 Å². The number of nitrogens with one attached hydrogen (secondary N) is 2. The first-order valence-electron chi connectivity index (χ1n) is 4.71. The number of aryl methyl sites for hydroxylation is 1. The molecule has 0 bridgehead atoms. The van der Waals surface area contributed by atoms with Gasteiger partial charge in [-0.15, -0.1) is 5.10 Å². The first-order valence-corrected chi connectivity index (χ1v) is 5.70. The number of thioether (sulfide) groups is 1. The van der Waals surface area contributed by atoms with E-state index in [-0.39, 0.29) is 0 Å². The molecule has 2 rings (SSSR count). The van der Waals surface area contributed by atoms with Crippen molar-refractivity contribution in [2.75, 3.05) is 5.43 Å². The highest BCUT2D eigenvalue weighted by Gasteiger charge is 2.02. The van der Waals surface area contributed by atoms with Gasteiger partial charge in [-0.05, 0) is 24.6 Å². The maximum Gasteiger partial charge on any atom is 0.208 e. The van der Waals surface area contributed by atoms with E-state index in [9.17, 15) is 0 Å². The van der Waals surface area contributed by atoms with Crippen LogP contribution in [0.25, 0.3) is 0 Å². The minimum atomic E-state index is 0.657. The van der Waals surface area contributed by atoms with Crippen molar-refractivity contribution in [1.82, 2.24) is 20.2 Å². The Balaban J connectivity index is 1.99. The summed E-state index contributed by atoms with van der Waals surface area (Å²) < 4.78 is 0. The summed E-state index contributed by atoms with van der Waals surface area (Å²) in [6.07, 6.45) is 1.72. The summed E-state index contributed by atoms with van der Waals surface area (Å²) in [7, 11) is 0. The third-order valence-electron chi connectivity index (χ3n) is 1.92. The van der Waals surface area contributed by atoms with E-state index in [1.165, 1.54) is 0 Å². The summed E-state index contributed by atoms with van der Waals surface area (Å²) in [5.74, 6) is 7.54. The van der Waals surface area contributed by atoms with Gasteiger partial charge in [0.15, 0.2) is 0 Å². The molecule has 0 aliphatic heterocycles. The summed E-state index contributed by atoms with van der Waals surface area (Å²) in [6, 6.07) is 3.83. The Hall–Kier alpha value is -1.60. The average Bonchev–Trinajstić information content (AvgIpc) is 2.73. The second-order valence-corrected chi connectivity index (χ2v) is 4.13. The molecule has 4 N–H and O–H groups in total. The molecule has 2 heterocycles. The highest BCUT2D eigenvalue weighted by Crippen LogP contribution is 2.19. The fourth-order valence-electron chi connectivity index (χ4n) is 1.18. The Labute approximate surface area is 97.0 Å². The van der Waals surface area contributed by atoms with E-state index in [2.05, 4.69) is 25.6 Å². The first-order chi connectivity index (χ1) is 7.78. The molecule has 0 radical (unpaired) electrons. The molecule has 0 unspecified atom stereocenters. The molecule has 0 aromatic carbocycles. The molecule has 0 amide bonds. The second-order valence-electron chi connectivity index (χ2n) is 3.19. The van der Waals surface area contributed by atoms with Crippen LogP contribution >= 0.6 is 11.8 Å². The van der Waals surface area contributed by atoms with Crippen LogP contribution in [0.1, 0.15) is 11.4 Å². The van der Waals surface area contributed by atoms with Gasteiger partial charge >= 0.3 is 0 Å². The zero-order chi connectivity index (χ0) is 11.4. The summed E-state index contributed by atoms with van der Waals surface area (Å²) in [6.45, 7) is 1.87. The lowest BCUT2D eigenvalue weighted by Gasteiger charge is -2.01. The number of pyridine rings is 1. The highest BCUT2D eigenvalue weighted by molar-refractivity contribution is 7.98. The smallest absolute Gasteiger partial charge is 0.208 e. The lowest BCUT2D eigenvalue weighted by atomic mass is 10.3. The number of nitrogens with zero attached hydrogens (tertiary/aromatic N) is 3. The van der Waals surface area contributed by atoms with Crippen molar-refractivity contribution >= 4 is 17.6 Å². The van der Waals surface area contributed by atoms with Crippen molar-refractivity contribution in [3.05, 3.63) is 29.7 Å². The van der Waals surface area contributed by atoms with E-state index < -0.39 is 0 Å². The Morgan fingerprint density at radius 2 is 2.44 bits per heavy atom. The van der Waals surface area contributed by atoms with Gasteiger partial charge in [0.1, 0.15) is 11.6 Å². The number of hydrogen-bond acceptors (Lipinski definition) is 6. The summed E-state index contributed by atoms with van der Waals surface area (Å²) in [5, 5.41) is 7.59. The van der Waals surface area contributed by atoms with Gasteiger partial charge in [0, 0.05) is 11.9 Å². The number of aromatic nitrogens is 4. The SMILES string of the molecule is Cc1nc(SCc2ccnc(NN)c2)n[nH]1. The fourth-order valence-corrected chi connectivity index (χ4v) is 1.96. The molecule has 0 atom stereocenters. The van der Waals surface area contributed by atoms with Gasteiger partial charge in [-0.25, -0.2) is 15.8 Å². The van der Waals surface area contributed by atoms with Crippen molar-refractivity contribution in [2.24, 2.45) is 5.84 Å². The van der Waals surface area contributed by atoms with Crippen LogP contribution in [0.5, 0.6) is 0 Å². The maximum atomic E-state index is 5.28. The molecule has 0 saturated carbocycles. The van der Waals surface area contributed by atoms with Crippen molar-refractivity contribution in [3.63, 3.8) is 0 Å².